The van der Waals surface area contributed by atoms with Crippen LogP contribution in [0.3, 0.4) is 0 Å². The highest BCUT2D eigenvalue weighted by Gasteiger charge is 2.10. The summed E-state index contributed by atoms with van der Waals surface area (Å²) < 4.78 is 26.6. The second-order valence-corrected chi connectivity index (χ2v) is 5.16. The van der Waals surface area contributed by atoms with Crippen LogP contribution in [0.5, 0.6) is 0 Å². The molecule has 0 amide bonds. The van der Waals surface area contributed by atoms with E-state index in [9.17, 15) is 8.42 Å². The van der Waals surface area contributed by atoms with E-state index in [0.717, 1.165) is 16.2 Å². The van der Waals surface area contributed by atoms with Gasteiger partial charge < -0.3 is 4.74 Å². The summed E-state index contributed by atoms with van der Waals surface area (Å²) in [5, 5.41) is 4.91. The number of thiophene rings is 1. The van der Waals surface area contributed by atoms with E-state index in [-0.39, 0.29) is 4.21 Å². The number of hydrogen-bond acceptors (Lipinski definition) is 4. The van der Waals surface area contributed by atoms with Gasteiger partial charge in [0.25, 0.3) is 0 Å². The molecule has 68 valence electrons. The van der Waals surface area contributed by atoms with Crippen molar-refractivity contribution in [3.8, 4) is 0 Å². The van der Waals surface area contributed by atoms with Crippen molar-refractivity contribution in [2.75, 3.05) is 7.11 Å². The summed E-state index contributed by atoms with van der Waals surface area (Å²) in [6.07, 6.45) is 0. The summed E-state index contributed by atoms with van der Waals surface area (Å²) in [4.78, 5) is 0.849. The van der Waals surface area contributed by atoms with Gasteiger partial charge in [0.15, 0.2) is 0 Å². The summed E-state index contributed by atoms with van der Waals surface area (Å²) in [5.74, 6) is 0. The molecule has 0 aliphatic heterocycles. The van der Waals surface area contributed by atoms with Crippen LogP contribution in [0.4, 0.5) is 0 Å². The van der Waals surface area contributed by atoms with E-state index in [2.05, 4.69) is 0 Å². The molecule has 6 heteroatoms. The average Bonchev–Trinajstić information content (AvgIpc) is 2.35. The maximum absolute atomic E-state index is 10.8. The fourth-order valence-corrected chi connectivity index (χ4v) is 2.48. The number of methoxy groups -OCH3 is 1. The molecule has 0 bridgehead atoms. The molecule has 0 radical (unpaired) electrons. The monoisotopic (exact) mass is 207 g/mol. The van der Waals surface area contributed by atoms with Gasteiger partial charge in [-0.25, -0.2) is 13.6 Å². The van der Waals surface area contributed by atoms with Gasteiger partial charge >= 0.3 is 0 Å². The third kappa shape index (κ3) is 2.28. The third-order valence-electron chi connectivity index (χ3n) is 1.20. The molecule has 0 unspecified atom stereocenters. The molecule has 1 rings (SSSR count). The highest BCUT2D eigenvalue weighted by atomic mass is 32.2. The van der Waals surface area contributed by atoms with Crippen molar-refractivity contribution in [3.05, 3.63) is 17.0 Å². The number of ether oxygens (including phenoxy) is 1. The van der Waals surface area contributed by atoms with Crippen molar-refractivity contribution in [1.82, 2.24) is 0 Å². The number of sulfonamides is 1. The van der Waals surface area contributed by atoms with Crippen LogP contribution in [-0.2, 0) is 21.4 Å². The predicted molar refractivity (Wildman–Crippen MR) is 46.4 cm³/mol. The van der Waals surface area contributed by atoms with Crippen molar-refractivity contribution >= 4 is 21.4 Å². The molecule has 0 saturated carbocycles. The largest absolute Gasteiger partial charge is 0.379 e. The summed E-state index contributed by atoms with van der Waals surface area (Å²) in [6.45, 7) is 0.417. The van der Waals surface area contributed by atoms with E-state index in [1.165, 1.54) is 6.07 Å². The molecule has 1 aromatic rings. The van der Waals surface area contributed by atoms with Crippen molar-refractivity contribution in [1.29, 1.82) is 0 Å². The standard InChI is InChI=1S/C6H9NO3S2/c1-10-4-5-2-3-6(11-5)12(7,8)9/h2-3H,4H2,1H3,(H2,7,8,9). The maximum atomic E-state index is 10.8. The van der Waals surface area contributed by atoms with Crippen molar-refractivity contribution < 1.29 is 13.2 Å². The minimum Gasteiger partial charge on any atom is -0.379 e. The Balaban J connectivity index is 2.92. The van der Waals surface area contributed by atoms with E-state index >= 15 is 0 Å². The lowest BCUT2D eigenvalue weighted by Crippen LogP contribution is -2.09. The van der Waals surface area contributed by atoms with Crippen LogP contribution >= 0.6 is 11.3 Å². The van der Waals surface area contributed by atoms with Crippen LogP contribution in [0.1, 0.15) is 4.88 Å². The summed E-state index contributed by atoms with van der Waals surface area (Å²) >= 11 is 1.13. The number of rotatable bonds is 3. The van der Waals surface area contributed by atoms with E-state index < -0.39 is 10.0 Å². The van der Waals surface area contributed by atoms with Crippen molar-refractivity contribution in [2.45, 2.75) is 10.8 Å². The Bertz CT molecular complexity index is 355. The Morgan fingerprint density at radius 3 is 2.67 bits per heavy atom. The van der Waals surface area contributed by atoms with Crippen LogP contribution in [0.2, 0.25) is 0 Å². The molecule has 0 atom stereocenters. The number of hydrogen-bond donors (Lipinski definition) is 1. The maximum Gasteiger partial charge on any atom is 0.247 e. The first-order valence-electron chi connectivity index (χ1n) is 3.14. The minimum absolute atomic E-state index is 0.176. The Morgan fingerprint density at radius 1 is 1.58 bits per heavy atom. The second kappa shape index (κ2) is 3.53. The smallest absolute Gasteiger partial charge is 0.247 e. The first-order chi connectivity index (χ1) is 5.54. The van der Waals surface area contributed by atoms with Crippen molar-refractivity contribution in [2.24, 2.45) is 5.14 Å². The van der Waals surface area contributed by atoms with Gasteiger partial charge in [0.1, 0.15) is 4.21 Å². The lowest BCUT2D eigenvalue weighted by atomic mass is 10.5. The molecule has 0 spiro atoms. The molecular weight excluding hydrogens is 198 g/mol. The molecule has 12 heavy (non-hydrogen) atoms. The lowest BCUT2D eigenvalue weighted by Gasteiger charge is -1.91. The summed E-state index contributed by atoms with van der Waals surface area (Å²) in [7, 11) is -1.99. The zero-order valence-corrected chi connectivity index (χ0v) is 8.11. The lowest BCUT2D eigenvalue weighted by molar-refractivity contribution is 0.187. The number of primary sulfonamides is 1. The molecule has 1 aromatic heterocycles. The molecular formula is C6H9NO3S2. The Hall–Kier alpha value is -0.430. The number of nitrogens with two attached hydrogens (primary N) is 1. The van der Waals surface area contributed by atoms with Crippen LogP contribution in [0.25, 0.3) is 0 Å². The van der Waals surface area contributed by atoms with Gasteiger partial charge in [-0.05, 0) is 12.1 Å². The highest BCUT2D eigenvalue weighted by molar-refractivity contribution is 7.91. The van der Waals surface area contributed by atoms with Crippen LogP contribution < -0.4 is 5.14 Å². The highest BCUT2D eigenvalue weighted by Crippen LogP contribution is 2.20. The van der Waals surface area contributed by atoms with E-state index in [1.807, 2.05) is 0 Å². The molecule has 0 aliphatic rings. The van der Waals surface area contributed by atoms with Gasteiger partial charge in [-0.1, -0.05) is 0 Å². The summed E-state index contributed by atoms with van der Waals surface area (Å²) in [6, 6.07) is 3.17. The van der Waals surface area contributed by atoms with Gasteiger partial charge in [0.2, 0.25) is 10.0 Å². The molecule has 1 heterocycles. The molecule has 0 aliphatic carbocycles. The van der Waals surface area contributed by atoms with Crippen molar-refractivity contribution in [3.63, 3.8) is 0 Å². The zero-order valence-electron chi connectivity index (χ0n) is 6.48. The quantitative estimate of drug-likeness (QED) is 0.786. The second-order valence-electron chi connectivity index (χ2n) is 2.20. The molecule has 0 saturated heterocycles. The molecule has 0 aromatic carbocycles. The van der Waals surface area contributed by atoms with Crippen LogP contribution in [-0.4, -0.2) is 15.5 Å². The van der Waals surface area contributed by atoms with Gasteiger partial charge in [0.05, 0.1) is 6.61 Å². The Kier molecular flexibility index (Phi) is 2.84. The first-order valence-corrected chi connectivity index (χ1v) is 5.51. The summed E-state index contributed by atoms with van der Waals surface area (Å²) in [5.41, 5.74) is 0. The Morgan fingerprint density at radius 2 is 2.25 bits per heavy atom. The van der Waals surface area contributed by atoms with E-state index in [4.69, 9.17) is 9.88 Å². The topological polar surface area (TPSA) is 69.4 Å². The molecule has 2 N–H and O–H groups in total. The SMILES string of the molecule is COCc1ccc(S(N)(=O)=O)s1. The minimum atomic E-state index is -3.54. The molecule has 4 nitrogen and oxygen atoms in total. The Labute approximate surface area is 75.0 Å². The average molecular weight is 207 g/mol. The normalized spacial score (nSPS) is 11.8. The van der Waals surface area contributed by atoms with Gasteiger partial charge in [-0.15, -0.1) is 11.3 Å². The fourth-order valence-electron chi connectivity index (χ4n) is 0.731. The van der Waals surface area contributed by atoms with E-state index in [1.54, 1.807) is 13.2 Å². The fraction of sp³-hybridized carbons (Fsp3) is 0.333. The predicted octanol–water partition coefficient (Wildman–Crippen LogP) is 0.542. The van der Waals surface area contributed by atoms with Gasteiger partial charge in [0, 0.05) is 12.0 Å². The van der Waals surface area contributed by atoms with Crippen LogP contribution in [0, 0.1) is 0 Å². The van der Waals surface area contributed by atoms with Gasteiger partial charge in [-0.2, -0.15) is 0 Å². The van der Waals surface area contributed by atoms with Gasteiger partial charge in [-0.3, -0.25) is 0 Å². The zero-order chi connectivity index (χ0) is 9.19. The molecule has 0 fully saturated rings. The third-order valence-corrected chi connectivity index (χ3v) is 3.70. The van der Waals surface area contributed by atoms with E-state index in [0.29, 0.717) is 6.61 Å². The van der Waals surface area contributed by atoms with Crippen LogP contribution in [0.15, 0.2) is 16.3 Å². The first kappa shape index (κ1) is 9.66.